The van der Waals surface area contributed by atoms with E-state index in [9.17, 15) is 4.79 Å². The summed E-state index contributed by atoms with van der Waals surface area (Å²) in [6.45, 7) is 2.01. The fourth-order valence-corrected chi connectivity index (χ4v) is 2.40. The molecule has 0 unspecified atom stereocenters. The molecule has 2 heterocycles. The number of H-pyrrole nitrogens is 1. The first-order chi connectivity index (χ1) is 8.11. The SMILES string of the molecule is Cc1cccc2c3c(C(=O)O)[nH]nc3n(C)c12. The smallest absolute Gasteiger partial charge is 0.354 e. The lowest BCUT2D eigenvalue weighted by Gasteiger charge is -2.00. The van der Waals surface area contributed by atoms with E-state index in [1.807, 2.05) is 36.7 Å². The molecule has 0 radical (unpaired) electrons. The minimum absolute atomic E-state index is 0.149. The molecule has 0 spiro atoms. The van der Waals surface area contributed by atoms with Crippen LogP contribution in [0.4, 0.5) is 0 Å². The third kappa shape index (κ3) is 1.13. The minimum atomic E-state index is -0.985. The molecular weight excluding hydrogens is 218 g/mol. The van der Waals surface area contributed by atoms with E-state index in [0.717, 1.165) is 16.5 Å². The number of hydrogen-bond acceptors (Lipinski definition) is 2. The maximum atomic E-state index is 11.1. The van der Waals surface area contributed by atoms with Gasteiger partial charge in [-0.1, -0.05) is 18.2 Å². The van der Waals surface area contributed by atoms with Gasteiger partial charge in [0.25, 0.3) is 0 Å². The molecular formula is C12H11N3O2. The van der Waals surface area contributed by atoms with Gasteiger partial charge in [-0.3, -0.25) is 5.10 Å². The molecule has 5 nitrogen and oxygen atoms in total. The van der Waals surface area contributed by atoms with Crippen molar-refractivity contribution in [2.75, 3.05) is 0 Å². The summed E-state index contributed by atoms with van der Waals surface area (Å²) in [5.74, 6) is -0.985. The number of hydrogen-bond donors (Lipinski definition) is 2. The largest absolute Gasteiger partial charge is 0.477 e. The van der Waals surface area contributed by atoms with Crippen molar-refractivity contribution < 1.29 is 9.90 Å². The number of aromatic carboxylic acids is 1. The number of nitrogens with one attached hydrogen (secondary N) is 1. The Labute approximate surface area is 96.7 Å². The summed E-state index contributed by atoms with van der Waals surface area (Å²) in [5, 5.41) is 17.4. The van der Waals surface area contributed by atoms with E-state index < -0.39 is 5.97 Å². The van der Waals surface area contributed by atoms with Crippen molar-refractivity contribution in [3.05, 3.63) is 29.5 Å². The Balaban J connectivity index is 2.62. The van der Waals surface area contributed by atoms with Crippen molar-refractivity contribution in [1.29, 1.82) is 0 Å². The molecule has 0 atom stereocenters. The number of fused-ring (bicyclic) bond motifs is 3. The van der Waals surface area contributed by atoms with Crippen molar-refractivity contribution >= 4 is 27.9 Å². The van der Waals surface area contributed by atoms with Gasteiger partial charge in [-0.05, 0) is 12.5 Å². The Bertz CT molecular complexity index is 752. The number of carboxylic acid groups (broad SMARTS) is 1. The van der Waals surface area contributed by atoms with Crippen LogP contribution in [0.2, 0.25) is 0 Å². The zero-order chi connectivity index (χ0) is 12.2. The number of aryl methyl sites for hydroxylation is 2. The zero-order valence-electron chi connectivity index (χ0n) is 9.48. The lowest BCUT2D eigenvalue weighted by atomic mass is 10.1. The van der Waals surface area contributed by atoms with E-state index in [1.54, 1.807) is 0 Å². The maximum Gasteiger partial charge on any atom is 0.354 e. The molecule has 86 valence electrons. The van der Waals surface area contributed by atoms with Crippen molar-refractivity contribution in [1.82, 2.24) is 14.8 Å². The number of nitrogens with zero attached hydrogens (tertiary/aromatic N) is 2. The highest BCUT2D eigenvalue weighted by molar-refractivity contribution is 6.15. The summed E-state index contributed by atoms with van der Waals surface area (Å²) in [6, 6.07) is 5.85. The Hall–Kier alpha value is -2.30. The molecule has 0 aliphatic rings. The van der Waals surface area contributed by atoms with E-state index in [-0.39, 0.29) is 5.69 Å². The van der Waals surface area contributed by atoms with Gasteiger partial charge < -0.3 is 9.67 Å². The fraction of sp³-hybridized carbons (Fsp3) is 0.167. The number of aromatic nitrogens is 3. The van der Waals surface area contributed by atoms with Gasteiger partial charge in [-0.25, -0.2) is 4.79 Å². The van der Waals surface area contributed by atoms with Crippen molar-refractivity contribution in [2.45, 2.75) is 6.92 Å². The molecule has 0 saturated heterocycles. The molecule has 0 aliphatic carbocycles. The van der Waals surface area contributed by atoms with Crippen LogP contribution < -0.4 is 0 Å². The van der Waals surface area contributed by atoms with E-state index in [2.05, 4.69) is 10.2 Å². The third-order valence-corrected chi connectivity index (χ3v) is 3.12. The molecule has 2 aromatic heterocycles. The number of carboxylic acids is 1. The van der Waals surface area contributed by atoms with Crippen LogP contribution in [0.3, 0.4) is 0 Å². The minimum Gasteiger partial charge on any atom is -0.477 e. The second-order valence-electron chi connectivity index (χ2n) is 4.13. The standard InChI is InChI=1S/C12H11N3O2/c1-6-4-3-5-7-8-9(12(16)17)13-14-11(8)15(2)10(6)7/h3-5H,1-2H3,(H,13,14)(H,16,17). The Morgan fingerprint density at radius 3 is 2.94 bits per heavy atom. The molecule has 3 aromatic rings. The van der Waals surface area contributed by atoms with Crippen molar-refractivity contribution in [3.8, 4) is 0 Å². The normalized spacial score (nSPS) is 11.4. The average Bonchev–Trinajstić information content (AvgIpc) is 2.81. The number of benzene rings is 1. The third-order valence-electron chi connectivity index (χ3n) is 3.12. The summed E-state index contributed by atoms with van der Waals surface area (Å²) in [7, 11) is 1.89. The van der Waals surface area contributed by atoms with Gasteiger partial charge >= 0.3 is 5.97 Å². The van der Waals surface area contributed by atoms with E-state index in [0.29, 0.717) is 11.0 Å². The number of rotatable bonds is 1. The van der Waals surface area contributed by atoms with Crippen LogP contribution >= 0.6 is 0 Å². The van der Waals surface area contributed by atoms with Gasteiger partial charge in [0.1, 0.15) is 0 Å². The zero-order valence-corrected chi connectivity index (χ0v) is 9.48. The second-order valence-corrected chi connectivity index (χ2v) is 4.13. The summed E-state index contributed by atoms with van der Waals surface area (Å²) in [6.07, 6.45) is 0. The second kappa shape index (κ2) is 3.10. The number of para-hydroxylation sites is 1. The highest BCUT2D eigenvalue weighted by atomic mass is 16.4. The Kier molecular flexibility index (Phi) is 1.80. The molecule has 1 aromatic carbocycles. The molecule has 0 amide bonds. The van der Waals surface area contributed by atoms with Crippen LogP contribution in [0, 0.1) is 6.92 Å². The first-order valence-corrected chi connectivity index (χ1v) is 5.26. The summed E-state index contributed by atoms with van der Waals surface area (Å²) < 4.78 is 1.92. The fourth-order valence-electron chi connectivity index (χ4n) is 2.40. The van der Waals surface area contributed by atoms with Crippen LogP contribution in [0.15, 0.2) is 18.2 Å². The topological polar surface area (TPSA) is 70.9 Å². The van der Waals surface area contributed by atoms with Crippen LogP contribution in [0.5, 0.6) is 0 Å². The van der Waals surface area contributed by atoms with Crippen LogP contribution in [-0.4, -0.2) is 25.8 Å². The molecule has 0 saturated carbocycles. The van der Waals surface area contributed by atoms with Gasteiger partial charge in [0.2, 0.25) is 0 Å². The lowest BCUT2D eigenvalue weighted by Crippen LogP contribution is -1.97. The number of carbonyl (C=O) groups is 1. The molecule has 0 fully saturated rings. The predicted molar refractivity (Wildman–Crippen MR) is 64.3 cm³/mol. The van der Waals surface area contributed by atoms with Crippen LogP contribution in [0.1, 0.15) is 16.1 Å². The van der Waals surface area contributed by atoms with Crippen LogP contribution in [-0.2, 0) is 7.05 Å². The lowest BCUT2D eigenvalue weighted by molar-refractivity contribution is 0.0692. The first kappa shape index (κ1) is 9.89. The average molecular weight is 229 g/mol. The molecule has 17 heavy (non-hydrogen) atoms. The first-order valence-electron chi connectivity index (χ1n) is 5.26. The quantitative estimate of drug-likeness (QED) is 0.671. The highest BCUT2D eigenvalue weighted by Crippen LogP contribution is 2.30. The van der Waals surface area contributed by atoms with Crippen LogP contribution in [0.25, 0.3) is 21.9 Å². The van der Waals surface area contributed by atoms with Crippen molar-refractivity contribution in [3.63, 3.8) is 0 Å². The molecule has 0 bridgehead atoms. The molecule has 2 N–H and O–H groups in total. The van der Waals surface area contributed by atoms with Crippen molar-refractivity contribution in [2.24, 2.45) is 7.05 Å². The predicted octanol–water partition coefficient (Wildman–Crippen LogP) is 2.06. The van der Waals surface area contributed by atoms with Gasteiger partial charge in [-0.2, -0.15) is 5.10 Å². The van der Waals surface area contributed by atoms with Gasteiger partial charge in [-0.15, -0.1) is 0 Å². The molecule has 0 aliphatic heterocycles. The van der Waals surface area contributed by atoms with Gasteiger partial charge in [0.05, 0.1) is 10.9 Å². The molecule has 5 heteroatoms. The Morgan fingerprint density at radius 2 is 2.24 bits per heavy atom. The Morgan fingerprint density at radius 1 is 1.47 bits per heavy atom. The van der Waals surface area contributed by atoms with E-state index in [1.165, 1.54) is 0 Å². The highest BCUT2D eigenvalue weighted by Gasteiger charge is 2.19. The monoisotopic (exact) mass is 229 g/mol. The summed E-state index contributed by atoms with van der Waals surface area (Å²) >= 11 is 0. The van der Waals surface area contributed by atoms with E-state index >= 15 is 0 Å². The molecule has 3 rings (SSSR count). The van der Waals surface area contributed by atoms with Gasteiger partial charge in [0.15, 0.2) is 11.3 Å². The number of aromatic amines is 1. The van der Waals surface area contributed by atoms with Gasteiger partial charge in [0, 0.05) is 12.4 Å². The maximum absolute atomic E-state index is 11.1. The summed E-state index contributed by atoms with van der Waals surface area (Å²) in [5.41, 5.74) is 2.96. The summed E-state index contributed by atoms with van der Waals surface area (Å²) in [4.78, 5) is 11.1. The van der Waals surface area contributed by atoms with E-state index in [4.69, 9.17) is 5.11 Å².